The summed E-state index contributed by atoms with van der Waals surface area (Å²) in [4.78, 5) is 23.3. The normalized spacial score (nSPS) is 10.5. The number of amides is 2. The topological polar surface area (TPSA) is 58.2 Å². The van der Waals surface area contributed by atoms with Gasteiger partial charge in [-0.15, -0.1) is 0 Å². The van der Waals surface area contributed by atoms with Crippen molar-refractivity contribution in [1.29, 1.82) is 0 Å². The molecule has 116 valence electrons. The number of benzene rings is 1. The molecule has 4 nitrogen and oxygen atoms in total. The summed E-state index contributed by atoms with van der Waals surface area (Å²) in [5.41, 5.74) is 1.93. The van der Waals surface area contributed by atoms with Gasteiger partial charge in [0.2, 0.25) is 11.8 Å². The molecule has 1 rings (SSSR count). The molecule has 0 aliphatic carbocycles. The minimum Gasteiger partial charge on any atom is -0.356 e. The maximum atomic E-state index is 11.7. The van der Waals surface area contributed by atoms with Gasteiger partial charge < -0.3 is 10.6 Å². The molecule has 0 saturated carbocycles. The Hall–Kier alpha value is -1.84. The number of hydrogen-bond acceptors (Lipinski definition) is 2. The summed E-state index contributed by atoms with van der Waals surface area (Å²) in [6.45, 7) is 7.58. The van der Waals surface area contributed by atoms with E-state index in [0.29, 0.717) is 31.8 Å². The van der Waals surface area contributed by atoms with Crippen LogP contribution >= 0.6 is 0 Å². The standard InChI is InChI=1S/C17H26N2O2/c1-4-9-18-16(20)10-14-5-7-15(8-6-14)11-17(21)19-12-13(2)3/h5-8,13H,4,9-12H2,1-3H3,(H,18,20)(H,19,21). The van der Waals surface area contributed by atoms with E-state index in [1.807, 2.05) is 31.2 Å². The SMILES string of the molecule is CCCNC(=O)Cc1ccc(CC(=O)NCC(C)C)cc1. The van der Waals surface area contributed by atoms with Gasteiger partial charge in [-0.1, -0.05) is 45.0 Å². The van der Waals surface area contributed by atoms with Gasteiger partial charge in [-0.2, -0.15) is 0 Å². The molecule has 0 aliphatic rings. The van der Waals surface area contributed by atoms with Gasteiger partial charge in [-0.25, -0.2) is 0 Å². The first-order valence-electron chi connectivity index (χ1n) is 7.62. The fourth-order valence-corrected chi connectivity index (χ4v) is 1.85. The summed E-state index contributed by atoms with van der Waals surface area (Å²) in [7, 11) is 0. The molecule has 0 radical (unpaired) electrons. The van der Waals surface area contributed by atoms with Gasteiger partial charge >= 0.3 is 0 Å². The van der Waals surface area contributed by atoms with Crippen molar-refractivity contribution in [2.75, 3.05) is 13.1 Å². The van der Waals surface area contributed by atoms with Crippen LogP contribution in [0, 0.1) is 5.92 Å². The lowest BCUT2D eigenvalue weighted by Gasteiger charge is -2.08. The predicted molar refractivity (Wildman–Crippen MR) is 85.0 cm³/mol. The van der Waals surface area contributed by atoms with Gasteiger partial charge in [-0.3, -0.25) is 9.59 Å². The Bertz CT molecular complexity index is 452. The Kier molecular flexibility index (Phi) is 7.51. The molecule has 2 N–H and O–H groups in total. The molecule has 0 bridgehead atoms. The van der Waals surface area contributed by atoms with Crippen LogP contribution in [0.25, 0.3) is 0 Å². The molecule has 1 aromatic carbocycles. The van der Waals surface area contributed by atoms with Crippen molar-refractivity contribution >= 4 is 11.8 Å². The maximum Gasteiger partial charge on any atom is 0.224 e. The average Bonchev–Trinajstić information content (AvgIpc) is 2.45. The Morgan fingerprint density at radius 2 is 1.43 bits per heavy atom. The second-order valence-electron chi connectivity index (χ2n) is 5.72. The van der Waals surface area contributed by atoms with E-state index in [0.717, 1.165) is 17.5 Å². The Labute approximate surface area is 127 Å². The molecule has 0 saturated heterocycles. The van der Waals surface area contributed by atoms with E-state index < -0.39 is 0 Å². The van der Waals surface area contributed by atoms with E-state index in [1.165, 1.54) is 0 Å². The van der Waals surface area contributed by atoms with E-state index in [-0.39, 0.29) is 11.8 Å². The molecule has 0 heterocycles. The Morgan fingerprint density at radius 1 is 0.952 bits per heavy atom. The minimum atomic E-state index is 0.0390. The molecule has 0 atom stereocenters. The molecule has 0 spiro atoms. The van der Waals surface area contributed by atoms with Crippen molar-refractivity contribution in [1.82, 2.24) is 10.6 Å². The Morgan fingerprint density at radius 3 is 1.86 bits per heavy atom. The average molecular weight is 290 g/mol. The third-order valence-corrected chi connectivity index (χ3v) is 3.03. The summed E-state index contributed by atoms with van der Waals surface area (Å²) in [6, 6.07) is 7.65. The van der Waals surface area contributed by atoms with E-state index in [9.17, 15) is 9.59 Å². The van der Waals surface area contributed by atoms with Crippen LogP contribution in [0.15, 0.2) is 24.3 Å². The van der Waals surface area contributed by atoms with Crippen molar-refractivity contribution in [3.8, 4) is 0 Å². The first kappa shape index (κ1) is 17.2. The molecular weight excluding hydrogens is 264 g/mol. The summed E-state index contributed by atoms with van der Waals surface area (Å²) >= 11 is 0. The fraction of sp³-hybridized carbons (Fsp3) is 0.529. The van der Waals surface area contributed by atoms with Crippen molar-refractivity contribution in [3.63, 3.8) is 0 Å². The molecule has 21 heavy (non-hydrogen) atoms. The van der Waals surface area contributed by atoms with Gasteiger partial charge in [0.15, 0.2) is 0 Å². The number of carbonyl (C=O) groups is 2. The lowest BCUT2D eigenvalue weighted by molar-refractivity contribution is -0.121. The monoisotopic (exact) mass is 290 g/mol. The number of hydrogen-bond donors (Lipinski definition) is 2. The van der Waals surface area contributed by atoms with Crippen molar-refractivity contribution in [2.24, 2.45) is 5.92 Å². The minimum absolute atomic E-state index is 0.0390. The van der Waals surface area contributed by atoms with Crippen LogP contribution in [0.3, 0.4) is 0 Å². The van der Waals surface area contributed by atoms with Gasteiger partial charge in [0, 0.05) is 13.1 Å². The van der Waals surface area contributed by atoms with E-state index in [1.54, 1.807) is 0 Å². The van der Waals surface area contributed by atoms with Crippen LogP contribution in [-0.4, -0.2) is 24.9 Å². The van der Waals surface area contributed by atoms with Crippen molar-refractivity contribution in [2.45, 2.75) is 40.0 Å². The molecule has 2 amide bonds. The smallest absolute Gasteiger partial charge is 0.224 e. The molecule has 0 aliphatic heterocycles. The highest BCUT2D eigenvalue weighted by Gasteiger charge is 2.06. The zero-order chi connectivity index (χ0) is 15.7. The van der Waals surface area contributed by atoms with Gasteiger partial charge in [0.05, 0.1) is 12.8 Å². The van der Waals surface area contributed by atoms with Crippen LogP contribution in [0.1, 0.15) is 38.3 Å². The highest BCUT2D eigenvalue weighted by Crippen LogP contribution is 2.06. The van der Waals surface area contributed by atoms with Crippen LogP contribution in [0.5, 0.6) is 0 Å². The Balaban J connectivity index is 2.43. The van der Waals surface area contributed by atoms with Gasteiger partial charge in [-0.05, 0) is 23.5 Å². The summed E-state index contributed by atoms with van der Waals surface area (Å²) in [5.74, 6) is 0.536. The molecule has 0 unspecified atom stereocenters. The summed E-state index contributed by atoms with van der Waals surface area (Å²) in [6.07, 6.45) is 1.71. The fourth-order valence-electron chi connectivity index (χ4n) is 1.85. The van der Waals surface area contributed by atoms with E-state index in [2.05, 4.69) is 24.5 Å². The molecular formula is C17H26N2O2. The van der Waals surface area contributed by atoms with Gasteiger partial charge in [0.25, 0.3) is 0 Å². The zero-order valence-corrected chi connectivity index (χ0v) is 13.2. The van der Waals surface area contributed by atoms with Gasteiger partial charge in [0.1, 0.15) is 0 Å². The van der Waals surface area contributed by atoms with Crippen LogP contribution in [0.2, 0.25) is 0 Å². The van der Waals surface area contributed by atoms with Crippen LogP contribution in [0.4, 0.5) is 0 Å². The van der Waals surface area contributed by atoms with Crippen molar-refractivity contribution < 1.29 is 9.59 Å². The van der Waals surface area contributed by atoms with Crippen LogP contribution in [-0.2, 0) is 22.4 Å². The highest BCUT2D eigenvalue weighted by atomic mass is 16.2. The molecule has 0 aromatic heterocycles. The summed E-state index contributed by atoms with van der Waals surface area (Å²) in [5, 5.41) is 5.75. The van der Waals surface area contributed by atoms with Crippen molar-refractivity contribution in [3.05, 3.63) is 35.4 Å². The lowest BCUT2D eigenvalue weighted by Crippen LogP contribution is -2.28. The number of rotatable bonds is 8. The van der Waals surface area contributed by atoms with E-state index >= 15 is 0 Å². The first-order valence-corrected chi connectivity index (χ1v) is 7.62. The third kappa shape index (κ3) is 7.49. The third-order valence-electron chi connectivity index (χ3n) is 3.03. The summed E-state index contributed by atoms with van der Waals surface area (Å²) < 4.78 is 0. The number of carbonyl (C=O) groups excluding carboxylic acids is 2. The molecule has 1 aromatic rings. The zero-order valence-electron chi connectivity index (χ0n) is 13.2. The quantitative estimate of drug-likeness (QED) is 0.770. The van der Waals surface area contributed by atoms with E-state index in [4.69, 9.17) is 0 Å². The lowest BCUT2D eigenvalue weighted by atomic mass is 10.1. The first-order chi connectivity index (χ1) is 10.0. The second kappa shape index (κ2) is 9.16. The molecule has 0 fully saturated rings. The highest BCUT2D eigenvalue weighted by molar-refractivity contribution is 5.79. The second-order valence-corrected chi connectivity index (χ2v) is 5.72. The number of nitrogens with one attached hydrogen (secondary N) is 2. The predicted octanol–water partition coefficient (Wildman–Crippen LogP) is 2.07. The maximum absolute atomic E-state index is 11.7. The molecule has 4 heteroatoms. The van der Waals surface area contributed by atoms with Crippen LogP contribution < -0.4 is 10.6 Å². The largest absolute Gasteiger partial charge is 0.356 e.